The Balaban J connectivity index is 2.69. The summed E-state index contributed by atoms with van der Waals surface area (Å²) >= 11 is 0. The van der Waals surface area contributed by atoms with Crippen LogP contribution in [0.15, 0.2) is 5.18 Å². The zero-order chi connectivity index (χ0) is 10.0. The van der Waals surface area contributed by atoms with Crippen LogP contribution in [-0.4, -0.2) is 52.2 Å². The molecule has 0 saturated carbocycles. The van der Waals surface area contributed by atoms with Gasteiger partial charge < -0.3 is 20.1 Å². The average molecular weight is 191 g/mol. The van der Waals surface area contributed by atoms with Gasteiger partial charge in [0.05, 0.1) is 0 Å². The van der Waals surface area contributed by atoms with Gasteiger partial charge >= 0.3 is 5.97 Å². The molecule has 7 nitrogen and oxygen atoms in total. The smallest absolute Gasteiger partial charge is 0.338 e. The third-order valence-corrected chi connectivity index (χ3v) is 1.82. The van der Waals surface area contributed by atoms with E-state index < -0.39 is 36.9 Å². The van der Waals surface area contributed by atoms with E-state index in [0.717, 1.165) is 0 Å². The summed E-state index contributed by atoms with van der Waals surface area (Å²) in [5.41, 5.74) is 0. The molecule has 0 aromatic heterocycles. The topological polar surface area (TPSA) is 116 Å². The lowest BCUT2D eigenvalue weighted by Crippen LogP contribution is -2.56. The Labute approximate surface area is 72.9 Å². The number of carbonyl (C=O) groups excluding carboxylic acids is 1. The van der Waals surface area contributed by atoms with Gasteiger partial charge in [-0.15, -0.1) is 0 Å². The van der Waals surface area contributed by atoms with Crippen LogP contribution in [0.5, 0.6) is 0 Å². The zero-order valence-corrected chi connectivity index (χ0v) is 6.53. The minimum Gasteiger partial charge on any atom is -0.455 e. The number of aliphatic hydroxyl groups excluding tert-OH is 3. The second kappa shape index (κ2) is 3.77. The summed E-state index contributed by atoms with van der Waals surface area (Å²) in [6.45, 7) is -0.448. The van der Waals surface area contributed by atoms with Crippen molar-refractivity contribution in [2.24, 2.45) is 5.18 Å². The normalized spacial score (nSPS) is 39.8. The number of aliphatic hydroxyl groups is 3. The van der Waals surface area contributed by atoms with E-state index in [0.29, 0.717) is 0 Å². The van der Waals surface area contributed by atoms with Crippen molar-refractivity contribution in [2.75, 3.05) is 6.54 Å². The standard InChI is InChI=1S/C6H9NO6/c8-3-2(1-7-12)13-6(11)5(10)4(3)9/h2-5,8-10H,1H2/t2?,3-,4?,5-/m1/s1. The first-order valence-electron chi connectivity index (χ1n) is 3.61. The molecule has 1 aliphatic heterocycles. The molecule has 1 aliphatic rings. The quantitative estimate of drug-likeness (QED) is 0.335. The van der Waals surface area contributed by atoms with Gasteiger partial charge in [0.1, 0.15) is 18.8 Å². The number of cyclic esters (lactones) is 1. The van der Waals surface area contributed by atoms with Crippen LogP contribution in [-0.2, 0) is 9.53 Å². The lowest BCUT2D eigenvalue weighted by Gasteiger charge is -2.32. The lowest BCUT2D eigenvalue weighted by molar-refractivity contribution is -0.200. The highest BCUT2D eigenvalue weighted by atomic mass is 16.6. The molecule has 74 valence electrons. The second-order valence-corrected chi connectivity index (χ2v) is 2.71. The third-order valence-electron chi connectivity index (χ3n) is 1.82. The average Bonchev–Trinajstić information content (AvgIpc) is 2.11. The molecule has 13 heavy (non-hydrogen) atoms. The Hall–Kier alpha value is -1.05. The molecule has 0 radical (unpaired) electrons. The molecule has 1 fully saturated rings. The summed E-state index contributed by atoms with van der Waals surface area (Å²) in [4.78, 5) is 20.6. The Bertz CT molecular complexity index is 219. The first kappa shape index (κ1) is 10.0. The van der Waals surface area contributed by atoms with Crippen LogP contribution in [0.2, 0.25) is 0 Å². The summed E-state index contributed by atoms with van der Waals surface area (Å²) in [5, 5.41) is 29.6. The maximum Gasteiger partial charge on any atom is 0.338 e. The predicted molar refractivity (Wildman–Crippen MR) is 38.6 cm³/mol. The Kier molecular flexibility index (Phi) is 2.91. The highest BCUT2D eigenvalue weighted by Gasteiger charge is 2.43. The molecular formula is C6H9NO6. The van der Waals surface area contributed by atoms with Crippen LogP contribution in [0.25, 0.3) is 0 Å². The van der Waals surface area contributed by atoms with Gasteiger partial charge in [-0.05, 0) is 0 Å². The fraction of sp³-hybridized carbons (Fsp3) is 0.833. The molecule has 0 aromatic carbocycles. The van der Waals surface area contributed by atoms with E-state index in [-0.39, 0.29) is 0 Å². The molecule has 0 aliphatic carbocycles. The maximum atomic E-state index is 10.7. The lowest BCUT2D eigenvalue weighted by atomic mass is 10.00. The zero-order valence-electron chi connectivity index (χ0n) is 6.53. The fourth-order valence-corrected chi connectivity index (χ4v) is 1.05. The van der Waals surface area contributed by atoms with E-state index in [9.17, 15) is 14.8 Å². The highest BCUT2D eigenvalue weighted by Crippen LogP contribution is 2.16. The molecular weight excluding hydrogens is 182 g/mol. The number of hydrogen-bond acceptors (Lipinski definition) is 7. The van der Waals surface area contributed by atoms with Gasteiger partial charge in [-0.2, -0.15) is 4.91 Å². The van der Waals surface area contributed by atoms with Crippen LogP contribution >= 0.6 is 0 Å². The SMILES string of the molecule is O=NCC1OC(=O)[C@H](O)C(O)[C@@H]1O. The van der Waals surface area contributed by atoms with Crippen molar-refractivity contribution >= 4 is 5.97 Å². The van der Waals surface area contributed by atoms with E-state index in [1.807, 2.05) is 0 Å². The summed E-state index contributed by atoms with van der Waals surface area (Å²) in [5.74, 6) is -1.06. The molecule has 4 atom stereocenters. The first-order chi connectivity index (χ1) is 6.07. The minimum absolute atomic E-state index is 0.448. The van der Waals surface area contributed by atoms with E-state index in [4.69, 9.17) is 10.2 Å². The number of esters is 1. The van der Waals surface area contributed by atoms with Crippen molar-refractivity contribution in [1.29, 1.82) is 0 Å². The van der Waals surface area contributed by atoms with Crippen LogP contribution < -0.4 is 0 Å². The largest absolute Gasteiger partial charge is 0.455 e. The third kappa shape index (κ3) is 1.82. The molecule has 1 saturated heterocycles. The molecule has 2 unspecified atom stereocenters. The van der Waals surface area contributed by atoms with E-state index in [1.54, 1.807) is 0 Å². The van der Waals surface area contributed by atoms with Gasteiger partial charge in [0.15, 0.2) is 12.2 Å². The molecule has 0 bridgehead atoms. The fourth-order valence-electron chi connectivity index (χ4n) is 1.05. The molecule has 0 amide bonds. The number of nitrogens with zero attached hydrogens (tertiary/aromatic N) is 1. The first-order valence-corrected chi connectivity index (χ1v) is 3.61. The number of hydrogen-bond donors (Lipinski definition) is 3. The van der Waals surface area contributed by atoms with E-state index in [1.165, 1.54) is 0 Å². The molecule has 1 heterocycles. The summed E-state index contributed by atoms with van der Waals surface area (Å²) in [6, 6.07) is 0. The maximum absolute atomic E-state index is 10.7. The van der Waals surface area contributed by atoms with Gasteiger partial charge in [0.2, 0.25) is 0 Å². The van der Waals surface area contributed by atoms with Gasteiger partial charge in [-0.25, -0.2) is 4.79 Å². The van der Waals surface area contributed by atoms with Crippen LogP contribution in [0, 0.1) is 4.91 Å². The van der Waals surface area contributed by atoms with Crippen molar-refractivity contribution in [2.45, 2.75) is 24.4 Å². The van der Waals surface area contributed by atoms with Gasteiger partial charge in [0.25, 0.3) is 0 Å². The second-order valence-electron chi connectivity index (χ2n) is 2.71. The summed E-state index contributed by atoms with van der Waals surface area (Å²) in [7, 11) is 0. The van der Waals surface area contributed by atoms with Gasteiger partial charge in [-0.1, -0.05) is 5.18 Å². The molecule has 7 heteroatoms. The van der Waals surface area contributed by atoms with Crippen LogP contribution in [0.4, 0.5) is 0 Å². The number of ether oxygens (including phenoxy) is 1. The van der Waals surface area contributed by atoms with Crippen molar-refractivity contribution in [3.63, 3.8) is 0 Å². The Morgan fingerprint density at radius 1 is 1.31 bits per heavy atom. The molecule has 1 rings (SSSR count). The van der Waals surface area contributed by atoms with E-state index in [2.05, 4.69) is 9.91 Å². The summed E-state index contributed by atoms with van der Waals surface area (Å²) in [6.07, 6.45) is -6.06. The molecule has 3 N–H and O–H groups in total. The van der Waals surface area contributed by atoms with Crippen molar-refractivity contribution in [3.05, 3.63) is 4.91 Å². The van der Waals surface area contributed by atoms with Crippen LogP contribution in [0.1, 0.15) is 0 Å². The number of rotatable bonds is 2. The van der Waals surface area contributed by atoms with Crippen molar-refractivity contribution < 1.29 is 24.9 Å². The van der Waals surface area contributed by atoms with E-state index >= 15 is 0 Å². The predicted octanol–water partition coefficient (Wildman–Crippen LogP) is -2.24. The molecule has 0 spiro atoms. The summed E-state index contributed by atoms with van der Waals surface area (Å²) < 4.78 is 4.43. The molecule has 0 aromatic rings. The van der Waals surface area contributed by atoms with Gasteiger partial charge in [0, 0.05) is 0 Å². The highest BCUT2D eigenvalue weighted by molar-refractivity contribution is 5.76. The number of nitroso groups, excluding NO2 is 1. The monoisotopic (exact) mass is 191 g/mol. The van der Waals surface area contributed by atoms with Crippen LogP contribution in [0.3, 0.4) is 0 Å². The Morgan fingerprint density at radius 3 is 2.46 bits per heavy atom. The van der Waals surface area contributed by atoms with Crippen molar-refractivity contribution in [1.82, 2.24) is 0 Å². The Morgan fingerprint density at radius 2 is 1.92 bits per heavy atom. The minimum atomic E-state index is -1.77. The van der Waals surface area contributed by atoms with Gasteiger partial charge in [-0.3, -0.25) is 0 Å². The van der Waals surface area contributed by atoms with Crippen molar-refractivity contribution in [3.8, 4) is 0 Å². The number of carbonyl (C=O) groups is 1.